The van der Waals surface area contributed by atoms with Gasteiger partial charge in [0.2, 0.25) is 17.1 Å². The number of phenols is 1. The van der Waals surface area contributed by atoms with Crippen LogP contribution in [0.15, 0.2) is 63.8 Å². The van der Waals surface area contributed by atoms with Crippen LogP contribution in [0, 0.1) is 6.92 Å². The number of nitrogens with zero attached hydrogens (tertiary/aromatic N) is 2. The van der Waals surface area contributed by atoms with Crippen molar-refractivity contribution < 1.29 is 28.9 Å². The first-order valence-electron chi connectivity index (χ1n) is 11.8. The minimum absolute atomic E-state index is 0.0746. The number of rotatable bonds is 10. The predicted octanol–water partition coefficient (Wildman–Crippen LogP) is 3.06. The maximum absolute atomic E-state index is 13.5. The SMILES string of the molecule is COCc1nc([C@H](NC(=O)C[C@@H](c2ccc(O)c(OC)c2)c2oc(C)cc(=O)c2O)c2ccccc2)n[nH]1. The van der Waals surface area contributed by atoms with E-state index in [1.807, 2.05) is 30.3 Å². The number of ether oxygens (including phenoxy) is 2. The van der Waals surface area contributed by atoms with Crippen LogP contribution in [0.4, 0.5) is 0 Å². The Kier molecular flexibility index (Phi) is 8.07. The highest BCUT2D eigenvalue weighted by Gasteiger charge is 2.29. The van der Waals surface area contributed by atoms with E-state index >= 15 is 0 Å². The van der Waals surface area contributed by atoms with E-state index in [4.69, 9.17) is 13.9 Å². The van der Waals surface area contributed by atoms with Crippen LogP contribution in [0.25, 0.3) is 0 Å². The molecule has 198 valence electrons. The smallest absolute Gasteiger partial charge is 0.227 e. The molecular weight excluding hydrogens is 492 g/mol. The summed E-state index contributed by atoms with van der Waals surface area (Å²) in [6.45, 7) is 1.80. The third-order valence-corrected chi connectivity index (χ3v) is 5.91. The molecule has 2 aromatic heterocycles. The van der Waals surface area contributed by atoms with Gasteiger partial charge in [0.1, 0.15) is 18.4 Å². The quantitative estimate of drug-likeness (QED) is 0.246. The number of carbonyl (C=O) groups is 1. The summed E-state index contributed by atoms with van der Waals surface area (Å²) in [7, 11) is 2.93. The summed E-state index contributed by atoms with van der Waals surface area (Å²) in [5.41, 5.74) is 0.598. The highest BCUT2D eigenvalue weighted by atomic mass is 16.5. The van der Waals surface area contributed by atoms with Gasteiger partial charge in [-0.15, -0.1) is 0 Å². The summed E-state index contributed by atoms with van der Waals surface area (Å²) in [6, 6.07) is 14.2. The van der Waals surface area contributed by atoms with Crippen LogP contribution < -0.4 is 15.5 Å². The van der Waals surface area contributed by atoms with Gasteiger partial charge in [0, 0.05) is 19.6 Å². The van der Waals surface area contributed by atoms with Crippen LogP contribution in [0.2, 0.25) is 0 Å². The summed E-state index contributed by atoms with van der Waals surface area (Å²) in [4.78, 5) is 30.3. The standard InChI is InChI=1S/C27H28N4O7/c1-15-11-20(33)25(35)26(38-15)18(17-9-10-19(32)21(12-17)37-3)13-23(34)29-24(16-7-5-4-6-8-16)27-28-22(14-36-2)30-31-27/h4-12,18,24,32,35H,13-14H2,1-3H3,(H,29,34)(H,28,30,31)/t18-,24+/m0/s1. The summed E-state index contributed by atoms with van der Waals surface area (Å²) < 4.78 is 16.1. The van der Waals surface area contributed by atoms with Gasteiger partial charge in [-0.25, -0.2) is 4.98 Å². The van der Waals surface area contributed by atoms with Crippen molar-refractivity contribution >= 4 is 5.91 Å². The number of aryl methyl sites for hydroxylation is 1. The van der Waals surface area contributed by atoms with Crippen LogP contribution in [0.1, 0.15) is 52.7 Å². The van der Waals surface area contributed by atoms with Crippen LogP contribution in [-0.4, -0.2) is 45.5 Å². The summed E-state index contributed by atoms with van der Waals surface area (Å²) >= 11 is 0. The molecule has 0 aliphatic heterocycles. The number of methoxy groups -OCH3 is 2. The normalized spacial score (nSPS) is 12.6. The second kappa shape index (κ2) is 11.6. The number of H-pyrrole nitrogens is 1. The Balaban J connectivity index is 1.71. The zero-order valence-electron chi connectivity index (χ0n) is 21.1. The van der Waals surface area contributed by atoms with E-state index in [2.05, 4.69) is 20.5 Å². The number of aromatic amines is 1. The molecule has 4 rings (SSSR count). The van der Waals surface area contributed by atoms with Crippen molar-refractivity contribution in [3.8, 4) is 17.2 Å². The number of nitrogens with one attached hydrogen (secondary N) is 2. The first kappa shape index (κ1) is 26.4. The largest absolute Gasteiger partial charge is 0.504 e. The number of amides is 1. The third-order valence-electron chi connectivity index (χ3n) is 5.91. The summed E-state index contributed by atoms with van der Waals surface area (Å²) in [5.74, 6) is -0.823. The van der Waals surface area contributed by atoms with E-state index in [0.717, 1.165) is 5.56 Å². The van der Waals surface area contributed by atoms with Gasteiger partial charge in [0.15, 0.2) is 28.9 Å². The lowest BCUT2D eigenvalue weighted by Crippen LogP contribution is -2.31. The topological polar surface area (TPSA) is 160 Å². The average molecular weight is 521 g/mol. The van der Waals surface area contributed by atoms with E-state index in [9.17, 15) is 19.8 Å². The average Bonchev–Trinajstić information content (AvgIpc) is 3.37. The van der Waals surface area contributed by atoms with Gasteiger partial charge in [-0.3, -0.25) is 14.7 Å². The summed E-state index contributed by atoms with van der Waals surface area (Å²) in [6.07, 6.45) is -0.216. The van der Waals surface area contributed by atoms with Crippen molar-refractivity contribution in [2.45, 2.75) is 31.9 Å². The lowest BCUT2D eigenvalue weighted by atomic mass is 9.91. The molecule has 0 aliphatic carbocycles. The highest BCUT2D eigenvalue weighted by Crippen LogP contribution is 2.37. The Labute approximate surface area is 218 Å². The van der Waals surface area contributed by atoms with Gasteiger partial charge in [0.05, 0.1) is 13.0 Å². The number of benzene rings is 2. The molecule has 2 aromatic carbocycles. The van der Waals surface area contributed by atoms with E-state index in [-0.39, 0.29) is 36.0 Å². The minimum Gasteiger partial charge on any atom is -0.504 e. The van der Waals surface area contributed by atoms with E-state index in [1.54, 1.807) is 13.0 Å². The monoisotopic (exact) mass is 520 g/mol. The van der Waals surface area contributed by atoms with Crippen molar-refractivity contribution in [3.05, 3.63) is 99.1 Å². The zero-order valence-corrected chi connectivity index (χ0v) is 21.1. The predicted molar refractivity (Wildman–Crippen MR) is 136 cm³/mol. The van der Waals surface area contributed by atoms with Gasteiger partial charge in [-0.2, -0.15) is 5.10 Å². The molecule has 0 saturated carbocycles. The molecule has 0 unspecified atom stereocenters. The molecule has 0 aliphatic rings. The van der Waals surface area contributed by atoms with E-state index in [0.29, 0.717) is 17.2 Å². The first-order chi connectivity index (χ1) is 18.3. The molecule has 4 N–H and O–H groups in total. The van der Waals surface area contributed by atoms with E-state index < -0.39 is 29.0 Å². The van der Waals surface area contributed by atoms with Gasteiger partial charge < -0.3 is 29.4 Å². The second-order valence-electron chi connectivity index (χ2n) is 8.61. The fraction of sp³-hybridized carbons (Fsp3) is 0.259. The molecule has 38 heavy (non-hydrogen) atoms. The van der Waals surface area contributed by atoms with Crippen molar-refractivity contribution in [1.82, 2.24) is 20.5 Å². The fourth-order valence-corrected chi connectivity index (χ4v) is 4.12. The number of aromatic nitrogens is 3. The Hall–Kier alpha value is -4.64. The number of phenolic OH excluding ortho intramolecular Hbond substituents is 1. The Morgan fingerprint density at radius 2 is 1.87 bits per heavy atom. The van der Waals surface area contributed by atoms with Crippen LogP contribution in [-0.2, 0) is 16.1 Å². The molecule has 0 radical (unpaired) electrons. The number of hydrogen-bond acceptors (Lipinski definition) is 9. The molecular formula is C27H28N4O7. The fourth-order valence-electron chi connectivity index (χ4n) is 4.12. The molecule has 0 saturated heterocycles. The highest BCUT2D eigenvalue weighted by molar-refractivity contribution is 5.78. The second-order valence-corrected chi connectivity index (χ2v) is 8.61. The maximum Gasteiger partial charge on any atom is 0.227 e. The zero-order chi connectivity index (χ0) is 27.2. The molecule has 11 heteroatoms. The van der Waals surface area contributed by atoms with Crippen molar-refractivity contribution in [2.24, 2.45) is 0 Å². The Bertz CT molecular complexity index is 1470. The Morgan fingerprint density at radius 3 is 2.58 bits per heavy atom. The lowest BCUT2D eigenvalue weighted by molar-refractivity contribution is -0.122. The molecule has 0 fully saturated rings. The van der Waals surface area contributed by atoms with Crippen molar-refractivity contribution in [3.63, 3.8) is 0 Å². The Morgan fingerprint density at radius 1 is 1.11 bits per heavy atom. The van der Waals surface area contributed by atoms with Gasteiger partial charge >= 0.3 is 0 Å². The van der Waals surface area contributed by atoms with Gasteiger partial charge in [-0.1, -0.05) is 36.4 Å². The molecule has 4 aromatic rings. The molecule has 0 spiro atoms. The third kappa shape index (κ3) is 5.84. The molecule has 0 bridgehead atoms. The maximum atomic E-state index is 13.5. The van der Waals surface area contributed by atoms with Crippen molar-refractivity contribution in [2.75, 3.05) is 14.2 Å². The lowest BCUT2D eigenvalue weighted by Gasteiger charge is -2.21. The molecule has 2 heterocycles. The minimum atomic E-state index is -0.885. The van der Waals surface area contributed by atoms with Crippen LogP contribution in [0.3, 0.4) is 0 Å². The number of hydrogen-bond donors (Lipinski definition) is 4. The summed E-state index contributed by atoms with van der Waals surface area (Å²) in [5, 5.41) is 30.7. The molecule has 1 amide bonds. The number of carbonyl (C=O) groups excluding carboxylic acids is 1. The molecule has 11 nitrogen and oxygen atoms in total. The van der Waals surface area contributed by atoms with Gasteiger partial charge in [0.25, 0.3) is 0 Å². The first-order valence-corrected chi connectivity index (χ1v) is 11.8. The molecule has 2 atom stereocenters. The van der Waals surface area contributed by atoms with Crippen LogP contribution >= 0.6 is 0 Å². The van der Waals surface area contributed by atoms with E-state index in [1.165, 1.54) is 32.4 Å². The van der Waals surface area contributed by atoms with Crippen molar-refractivity contribution in [1.29, 1.82) is 0 Å². The van der Waals surface area contributed by atoms with Crippen LogP contribution in [0.5, 0.6) is 17.2 Å². The number of aromatic hydroxyl groups is 2. The van der Waals surface area contributed by atoms with Gasteiger partial charge in [-0.05, 0) is 30.2 Å².